The Kier molecular flexibility index (Phi) is 8.89. The molecule has 6 rings (SSSR count). The lowest BCUT2D eigenvalue weighted by atomic mass is 9.73. The fourth-order valence-corrected chi connectivity index (χ4v) is 5.71. The summed E-state index contributed by atoms with van der Waals surface area (Å²) >= 11 is 1.51. The topological polar surface area (TPSA) is 109 Å². The van der Waals surface area contributed by atoms with Crippen molar-refractivity contribution in [1.29, 1.82) is 0 Å². The third-order valence-electron chi connectivity index (χ3n) is 7.40. The maximum atomic E-state index is 12.5. The first-order chi connectivity index (χ1) is 18.0. The Balaban J connectivity index is 0.00000102. The number of hydrogen-bond donors (Lipinski definition) is 2. The molecule has 2 aromatic rings. The highest BCUT2D eigenvalue weighted by molar-refractivity contribution is 7.13. The molecule has 1 aliphatic carbocycles. The predicted octanol–water partition coefficient (Wildman–Crippen LogP) is 5.15. The van der Waals surface area contributed by atoms with E-state index in [4.69, 9.17) is 14.6 Å². The van der Waals surface area contributed by atoms with E-state index >= 15 is 0 Å². The number of allylic oxidation sites excluding steroid dienone is 3. The van der Waals surface area contributed by atoms with Crippen LogP contribution in [0.1, 0.15) is 55.8 Å². The monoisotopic (exact) mass is 523 g/mol. The van der Waals surface area contributed by atoms with Gasteiger partial charge in [-0.05, 0) is 88.4 Å². The van der Waals surface area contributed by atoms with Gasteiger partial charge in [0.05, 0.1) is 17.0 Å². The molecule has 1 saturated carbocycles. The number of fused-ring (bicyclic) bond motifs is 3. The summed E-state index contributed by atoms with van der Waals surface area (Å²) in [5.74, 6) is 0.578. The molecule has 37 heavy (non-hydrogen) atoms. The molecule has 196 valence electrons. The van der Waals surface area contributed by atoms with Crippen molar-refractivity contribution in [3.05, 3.63) is 58.9 Å². The molecule has 0 spiro atoms. The van der Waals surface area contributed by atoms with Crippen LogP contribution in [0.25, 0.3) is 10.4 Å². The molecular formula is C28H33N3O5S. The van der Waals surface area contributed by atoms with Crippen LogP contribution >= 0.6 is 11.3 Å². The van der Waals surface area contributed by atoms with Gasteiger partial charge in [-0.3, -0.25) is 14.4 Å². The summed E-state index contributed by atoms with van der Waals surface area (Å²) in [4.78, 5) is 41.0. The average molecular weight is 524 g/mol. The summed E-state index contributed by atoms with van der Waals surface area (Å²) in [6, 6.07) is 7.21. The first kappa shape index (κ1) is 26.8. The van der Waals surface area contributed by atoms with Gasteiger partial charge in [0.2, 0.25) is 11.6 Å². The number of thiazole rings is 1. The Hall–Kier alpha value is -3.30. The van der Waals surface area contributed by atoms with Crippen LogP contribution in [0, 0.1) is 5.41 Å². The minimum Gasteiger partial charge on any atom is -0.483 e. The lowest BCUT2D eigenvalue weighted by molar-refractivity contribution is -0.122. The molecule has 0 radical (unpaired) electrons. The van der Waals surface area contributed by atoms with E-state index in [9.17, 15) is 9.59 Å². The van der Waals surface area contributed by atoms with Crippen LogP contribution in [0.5, 0.6) is 0 Å². The fourth-order valence-electron chi connectivity index (χ4n) is 4.96. The van der Waals surface area contributed by atoms with Gasteiger partial charge in [-0.15, -0.1) is 11.3 Å². The third kappa shape index (κ3) is 6.34. The van der Waals surface area contributed by atoms with Gasteiger partial charge in [-0.25, -0.2) is 4.98 Å². The van der Waals surface area contributed by atoms with Gasteiger partial charge in [-0.2, -0.15) is 0 Å². The molecule has 0 amide bonds. The summed E-state index contributed by atoms with van der Waals surface area (Å²) in [7, 11) is 0. The van der Waals surface area contributed by atoms with Gasteiger partial charge in [0.15, 0.2) is 11.7 Å². The van der Waals surface area contributed by atoms with Crippen molar-refractivity contribution in [1.82, 2.24) is 9.88 Å². The molecular weight excluding hydrogens is 490 g/mol. The number of piperidine rings is 3. The van der Waals surface area contributed by atoms with Gasteiger partial charge < -0.3 is 20.1 Å². The summed E-state index contributed by atoms with van der Waals surface area (Å²) < 4.78 is 6.50. The fraction of sp³-hybridized carbons (Fsp3) is 0.429. The molecule has 1 aromatic carbocycles. The van der Waals surface area contributed by atoms with Crippen molar-refractivity contribution < 1.29 is 24.2 Å². The summed E-state index contributed by atoms with van der Waals surface area (Å²) in [5, 5.41) is 10.4. The zero-order valence-electron chi connectivity index (χ0n) is 21.1. The molecule has 3 aliphatic heterocycles. The number of rotatable bonds is 9. The molecule has 8 nitrogen and oxygen atoms in total. The number of ketones is 2. The van der Waals surface area contributed by atoms with E-state index in [-0.39, 0.29) is 6.47 Å². The average Bonchev–Trinajstić information content (AvgIpc) is 3.36. The Morgan fingerprint density at radius 3 is 2.54 bits per heavy atom. The molecule has 1 aromatic heterocycles. The zero-order chi connectivity index (χ0) is 26.3. The van der Waals surface area contributed by atoms with Gasteiger partial charge in [-0.1, -0.05) is 24.3 Å². The molecule has 4 aliphatic rings. The molecule has 9 heteroatoms. The number of aromatic nitrogens is 1. The van der Waals surface area contributed by atoms with E-state index in [0.717, 1.165) is 41.6 Å². The number of carboxylic acid groups (broad SMARTS) is 1. The molecule has 4 fully saturated rings. The number of anilines is 1. The Morgan fingerprint density at radius 1 is 1.22 bits per heavy atom. The van der Waals surface area contributed by atoms with Crippen molar-refractivity contribution in [2.75, 3.05) is 31.6 Å². The van der Waals surface area contributed by atoms with Crippen LogP contribution in [-0.2, 0) is 14.3 Å². The zero-order valence-corrected chi connectivity index (χ0v) is 21.9. The molecule has 0 unspecified atom stereocenters. The second-order valence-electron chi connectivity index (χ2n) is 9.70. The number of nitrogens with zero attached hydrogens (tertiary/aromatic N) is 2. The summed E-state index contributed by atoms with van der Waals surface area (Å²) in [5.41, 5.74) is 4.67. The van der Waals surface area contributed by atoms with E-state index in [2.05, 4.69) is 15.2 Å². The van der Waals surface area contributed by atoms with Crippen molar-refractivity contribution in [2.45, 2.75) is 45.4 Å². The Labute approximate surface area is 221 Å². The Morgan fingerprint density at radius 2 is 1.92 bits per heavy atom. The lowest BCUT2D eigenvalue weighted by Crippen LogP contribution is -2.50. The van der Waals surface area contributed by atoms with Crippen molar-refractivity contribution in [3.63, 3.8) is 0 Å². The minimum absolute atomic E-state index is 0.250. The number of hydrogen-bond acceptors (Lipinski definition) is 8. The van der Waals surface area contributed by atoms with Gasteiger partial charge in [0.25, 0.3) is 6.47 Å². The van der Waals surface area contributed by atoms with Crippen molar-refractivity contribution in [2.24, 2.45) is 5.41 Å². The Bertz CT molecular complexity index is 1170. The van der Waals surface area contributed by atoms with Crippen LogP contribution in [0.4, 0.5) is 5.82 Å². The number of nitrogens with one attached hydrogen (secondary N) is 1. The first-order valence-corrected chi connectivity index (χ1v) is 13.5. The number of benzene rings is 1. The van der Waals surface area contributed by atoms with E-state index in [1.165, 1.54) is 68.3 Å². The molecule has 2 N–H and O–H groups in total. The van der Waals surface area contributed by atoms with E-state index in [1.807, 2.05) is 12.1 Å². The second kappa shape index (κ2) is 12.3. The number of carbonyl (C=O) groups is 3. The predicted molar refractivity (Wildman–Crippen MR) is 144 cm³/mol. The highest BCUT2D eigenvalue weighted by Gasteiger charge is 2.40. The molecule has 2 bridgehead atoms. The lowest BCUT2D eigenvalue weighted by Gasteiger charge is -2.48. The van der Waals surface area contributed by atoms with Gasteiger partial charge in [0.1, 0.15) is 0 Å². The third-order valence-corrected chi connectivity index (χ3v) is 8.28. The van der Waals surface area contributed by atoms with E-state index < -0.39 is 11.6 Å². The standard InChI is InChI=1S/C27H31N3O3S.CH2O2/c1-2-5-22(31)23(32)20-8-4-9-21(16-20)24-25(28-18-34-24)29-26(19-6-3-7-19)33-17-27-10-13-30(14-11-27)15-12-27;2-1-3/h2,4-5,8-9,16,18,29H,3,6-7,10-15,17H2,1H3;1H,(H,2,3)/b5-2+;. The smallest absolute Gasteiger partial charge is 0.290 e. The van der Waals surface area contributed by atoms with Crippen LogP contribution in [0.15, 0.2) is 53.4 Å². The van der Waals surface area contributed by atoms with Crippen molar-refractivity contribution in [3.8, 4) is 10.4 Å². The van der Waals surface area contributed by atoms with Crippen LogP contribution < -0.4 is 5.32 Å². The first-order valence-electron chi connectivity index (χ1n) is 12.7. The second-order valence-corrected chi connectivity index (χ2v) is 10.6. The number of Topliss-reactive ketones (excluding diaryl/α,β-unsaturated/α-hetero) is 1. The maximum absolute atomic E-state index is 12.5. The van der Waals surface area contributed by atoms with Crippen LogP contribution in [0.3, 0.4) is 0 Å². The highest BCUT2D eigenvalue weighted by atomic mass is 32.1. The molecule has 3 saturated heterocycles. The maximum Gasteiger partial charge on any atom is 0.290 e. The van der Waals surface area contributed by atoms with E-state index in [1.54, 1.807) is 30.6 Å². The van der Waals surface area contributed by atoms with Crippen LogP contribution in [-0.4, -0.2) is 59.3 Å². The van der Waals surface area contributed by atoms with Gasteiger partial charge in [0, 0.05) is 11.0 Å². The molecule has 4 heterocycles. The SMILES string of the molecule is C/C=C/C(=O)C(=O)c1cccc(-c2scnc2NC(OCC23CCN(CC2)CC3)=C2CCC2)c1.O=CO. The quantitative estimate of drug-likeness (QED) is 0.153. The summed E-state index contributed by atoms with van der Waals surface area (Å²) in [6.07, 6.45) is 9.83. The van der Waals surface area contributed by atoms with E-state index in [0.29, 0.717) is 11.0 Å². The highest BCUT2D eigenvalue weighted by Crippen LogP contribution is 2.42. The van der Waals surface area contributed by atoms with Crippen molar-refractivity contribution >= 4 is 35.2 Å². The largest absolute Gasteiger partial charge is 0.483 e. The minimum atomic E-state index is -0.513. The number of ether oxygens (including phenoxy) is 1. The molecule has 0 atom stereocenters. The number of carbonyl (C=O) groups excluding carboxylic acids is 2. The van der Waals surface area contributed by atoms with Crippen LogP contribution in [0.2, 0.25) is 0 Å². The normalized spacial score (nSPS) is 22.0. The van der Waals surface area contributed by atoms with Gasteiger partial charge >= 0.3 is 0 Å². The summed E-state index contributed by atoms with van der Waals surface area (Å²) in [6.45, 7) is 5.78.